The van der Waals surface area contributed by atoms with Crippen LogP contribution in [0.15, 0.2) is 49.7 Å². The minimum Gasteiger partial charge on any atom is -0.506 e. The van der Waals surface area contributed by atoms with Crippen molar-refractivity contribution in [2.45, 2.75) is 20.3 Å². The van der Waals surface area contributed by atoms with Crippen LogP contribution >= 0.6 is 0 Å². The number of methoxy groups -OCH3 is 1. The van der Waals surface area contributed by atoms with Crippen LogP contribution < -0.4 is 10.2 Å². The fraction of sp³-hybridized carbons (Fsp3) is 0.190. The first kappa shape index (κ1) is 17.0. The molecule has 0 aliphatic rings. The Balaban J connectivity index is 2.21. The zero-order chi connectivity index (χ0) is 19.3. The maximum Gasteiger partial charge on any atom is 0.204 e. The van der Waals surface area contributed by atoms with Gasteiger partial charge in [0.2, 0.25) is 5.43 Å². The molecule has 4 rings (SSSR count). The van der Waals surface area contributed by atoms with E-state index in [2.05, 4.69) is 0 Å². The van der Waals surface area contributed by atoms with Gasteiger partial charge in [-0.05, 0) is 26.3 Å². The number of benzene rings is 2. The summed E-state index contributed by atoms with van der Waals surface area (Å²) in [6, 6.07) is 4.50. The summed E-state index contributed by atoms with van der Waals surface area (Å²) in [5.41, 5.74) is 1.99. The van der Waals surface area contributed by atoms with Crippen molar-refractivity contribution in [3.63, 3.8) is 0 Å². The van der Waals surface area contributed by atoms with Gasteiger partial charge < -0.3 is 23.8 Å². The standard InChI is InChI=1S/C21H18O6/c1-10(2)4-5-12-17-15(8-13(22)21(12)25-3)27-16-9-14-11(6-7-26-14)19(23)18(16)20(17)24/h4,6-9,22-23H,5H2,1-3H3. The van der Waals surface area contributed by atoms with E-state index in [0.29, 0.717) is 23.0 Å². The predicted octanol–water partition coefficient (Wildman–Crippen LogP) is 4.62. The molecule has 138 valence electrons. The molecular formula is C21H18O6. The van der Waals surface area contributed by atoms with Gasteiger partial charge in [-0.3, -0.25) is 4.79 Å². The summed E-state index contributed by atoms with van der Waals surface area (Å²) >= 11 is 0. The lowest BCUT2D eigenvalue weighted by Crippen LogP contribution is -2.07. The Kier molecular flexibility index (Phi) is 3.84. The molecule has 0 spiro atoms. The highest BCUT2D eigenvalue weighted by atomic mass is 16.5. The third kappa shape index (κ3) is 2.52. The van der Waals surface area contributed by atoms with E-state index in [1.54, 1.807) is 12.1 Å². The molecule has 0 atom stereocenters. The molecule has 2 aromatic heterocycles. The number of phenols is 2. The smallest absolute Gasteiger partial charge is 0.204 e. The van der Waals surface area contributed by atoms with Crippen LogP contribution in [0.2, 0.25) is 0 Å². The lowest BCUT2D eigenvalue weighted by atomic mass is 10.00. The monoisotopic (exact) mass is 366 g/mol. The van der Waals surface area contributed by atoms with Crippen molar-refractivity contribution in [1.29, 1.82) is 0 Å². The molecule has 2 heterocycles. The molecule has 2 N–H and O–H groups in total. The van der Waals surface area contributed by atoms with Crippen LogP contribution in [-0.2, 0) is 6.42 Å². The molecule has 6 nitrogen and oxygen atoms in total. The summed E-state index contributed by atoms with van der Waals surface area (Å²) in [5, 5.41) is 21.7. The van der Waals surface area contributed by atoms with Crippen molar-refractivity contribution < 1.29 is 23.8 Å². The highest BCUT2D eigenvalue weighted by Gasteiger charge is 2.22. The van der Waals surface area contributed by atoms with Crippen LogP contribution in [0, 0.1) is 0 Å². The van der Waals surface area contributed by atoms with E-state index in [1.807, 2.05) is 19.9 Å². The number of ether oxygens (including phenoxy) is 1. The lowest BCUT2D eigenvalue weighted by molar-refractivity contribution is 0.370. The first-order chi connectivity index (χ1) is 12.9. The molecule has 0 aliphatic heterocycles. The molecule has 0 amide bonds. The molecule has 2 aromatic carbocycles. The molecule has 0 unspecified atom stereocenters. The van der Waals surface area contributed by atoms with E-state index >= 15 is 0 Å². The second-order valence-electron chi connectivity index (χ2n) is 6.63. The maximum absolute atomic E-state index is 13.3. The van der Waals surface area contributed by atoms with E-state index in [-0.39, 0.29) is 44.6 Å². The molecule has 0 radical (unpaired) electrons. The lowest BCUT2D eigenvalue weighted by Gasteiger charge is -2.13. The van der Waals surface area contributed by atoms with Crippen molar-refractivity contribution in [3.05, 3.63) is 51.9 Å². The maximum atomic E-state index is 13.3. The first-order valence-corrected chi connectivity index (χ1v) is 8.44. The average Bonchev–Trinajstić information content (AvgIpc) is 3.07. The minimum atomic E-state index is -0.387. The first-order valence-electron chi connectivity index (χ1n) is 8.44. The van der Waals surface area contributed by atoms with Crippen LogP contribution in [0.3, 0.4) is 0 Å². The van der Waals surface area contributed by atoms with Crippen molar-refractivity contribution in [1.82, 2.24) is 0 Å². The summed E-state index contributed by atoms with van der Waals surface area (Å²) in [6.07, 6.45) is 3.74. The van der Waals surface area contributed by atoms with Crippen LogP contribution in [0.5, 0.6) is 17.2 Å². The molecule has 6 heteroatoms. The van der Waals surface area contributed by atoms with Gasteiger partial charge in [0.1, 0.15) is 27.9 Å². The minimum absolute atomic E-state index is 0.0718. The van der Waals surface area contributed by atoms with Crippen LogP contribution in [0.25, 0.3) is 32.9 Å². The molecule has 0 aliphatic carbocycles. The number of fused-ring (bicyclic) bond motifs is 3. The van der Waals surface area contributed by atoms with Gasteiger partial charge in [-0.15, -0.1) is 0 Å². The van der Waals surface area contributed by atoms with Gasteiger partial charge in [0, 0.05) is 17.7 Å². The molecular weight excluding hydrogens is 348 g/mol. The van der Waals surface area contributed by atoms with E-state index in [0.717, 1.165) is 5.57 Å². The van der Waals surface area contributed by atoms with Crippen LogP contribution in [-0.4, -0.2) is 17.3 Å². The summed E-state index contributed by atoms with van der Waals surface area (Å²) in [5.74, 6) is -0.0874. The highest BCUT2D eigenvalue weighted by Crippen LogP contribution is 2.39. The Morgan fingerprint density at radius 1 is 1.15 bits per heavy atom. The SMILES string of the molecule is COc1c(O)cc2oc3cc4occc4c(O)c3c(=O)c2c1CC=C(C)C. The fourth-order valence-electron chi connectivity index (χ4n) is 3.35. The normalized spacial score (nSPS) is 11.4. The van der Waals surface area contributed by atoms with Crippen molar-refractivity contribution in [2.24, 2.45) is 0 Å². The third-order valence-electron chi connectivity index (χ3n) is 4.61. The zero-order valence-corrected chi connectivity index (χ0v) is 15.1. The van der Waals surface area contributed by atoms with Crippen molar-refractivity contribution >= 4 is 32.9 Å². The van der Waals surface area contributed by atoms with E-state index in [4.69, 9.17) is 13.6 Å². The van der Waals surface area contributed by atoms with Gasteiger partial charge in [0.05, 0.1) is 24.1 Å². The summed E-state index contributed by atoms with van der Waals surface area (Å²) < 4.78 is 16.5. The molecule has 4 aromatic rings. The van der Waals surface area contributed by atoms with E-state index in [1.165, 1.54) is 19.4 Å². The Morgan fingerprint density at radius 2 is 1.89 bits per heavy atom. The second-order valence-corrected chi connectivity index (χ2v) is 6.63. The molecule has 0 fully saturated rings. The third-order valence-corrected chi connectivity index (χ3v) is 4.61. The number of allylic oxidation sites excluding steroid dienone is 2. The molecule has 27 heavy (non-hydrogen) atoms. The van der Waals surface area contributed by atoms with Gasteiger partial charge in [-0.1, -0.05) is 11.6 Å². The van der Waals surface area contributed by atoms with E-state index < -0.39 is 0 Å². The number of hydrogen-bond donors (Lipinski definition) is 2. The topological polar surface area (TPSA) is 93.0 Å². The number of furan rings is 1. The van der Waals surface area contributed by atoms with Gasteiger partial charge in [-0.25, -0.2) is 0 Å². The Morgan fingerprint density at radius 3 is 2.59 bits per heavy atom. The van der Waals surface area contributed by atoms with E-state index in [9.17, 15) is 15.0 Å². The largest absolute Gasteiger partial charge is 0.506 e. The highest BCUT2D eigenvalue weighted by molar-refractivity contribution is 6.04. The molecule has 0 saturated carbocycles. The second kappa shape index (κ2) is 6.09. The predicted molar refractivity (Wildman–Crippen MR) is 103 cm³/mol. The van der Waals surface area contributed by atoms with Crippen LogP contribution in [0.1, 0.15) is 19.4 Å². The van der Waals surface area contributed by atoms with Crippen molar-refractivity contribution in [2.75, 3.05) is 7.11 Å². The molecule has 0 bridgehead atoms. The van der Waals surface area contributed by atoms with Gasteiger partial charge in [0.15, 0.2) is 11.5 Å². The quantitative estimate of drug-likeness (QED) is 0.406. The molecule has 0 saturated heterocycles. The summed E-state index contributed by atoms with van der Waals surface area (Å²) in [7, 11) is 1.43. The summed E-state index contributed by atoms with van der Waals surface area (Å²) in [4.78, 5) is 13.3. The Labute approximate surface area is 153 Å². The Hall–Kier alpha value is -3.41. The zero-order valence-electron chi connectivity index (χ0n) is 15.1. The number of phenolic OH excluding ortho intramolecular Hbond substituents is 2. The fourth-order valence-corrected chi connectivity index (χ4v) is 3.35. The van der Waals surface area contributed by atoms with Crippen LogP contribution in [0.4, 0.5) is 0 Å². The number of hydrogen-bond acceptors (Lipinski definition) is 6. The number of aromatic hydroxyl groups is 2. The Bertz CT molecular complexity index is 1290. The number of rotatable bonds is 3. The summed E-state index contributed by atoms with van der Waals surface area (Å²) in [6.45, 7) is 3.88. The van der Waals surface area contributed by atoms with Gasteiger partial charge >= 0.3 is 0 Å². The average molecular weight is 366 g/mol. The van der Waals surface area contributed by atoms with Crippen molar-refractivity contribution in [3.8, 4) is 17.2 Å². The van der Waals surface area contributed by atoms with Gasteiger partial charge in [-0.2, -0.15) is 0 Å². The van der Waals surface area contributed by atoms with Gasteiger partial charge in [0.25, 0.3) is 0 Å².